The van der Waals surface area contributed by atoms with Crippen molar-refractivity contribution >= 4 is 15.9 Å². The number of aliphatic hydroxyl groups excluding tert-OH is 1. The molecule has 0 radical (unpaired) electrons. The van der Waals surface area contributed by atoms with Crippen molar-refractivity contribution in [2.24, 2.45) is 22.7 Å². The van der Waals surface area contributed by atoms with Crippen LogP contribution in [0.25, 0.3) is 0 Å². The first-order chi connectivity index (χ1) is 11.6. The molecule has 2 bridgehead atoms. The van der Waals surface area contributed by atoms with E-state index in [1.54, 1.807) is 19.1 Å². The standard InChI is InChI=1S/C18H25NO5S/c1-11(15(20)13-5-4-8-24-13)16(21)19-14-9-12-6-7-18(14,17(12,2)3)10-25(19,22)23/h4-5,8,11-12,14-15,20H,6-7,9-10H2,1-3H3/t11-,12+,14+,15+,18+/m0/s1. The van der Waals surface area contributed by atoms with Crippen LogP contribution in [0.4, 0.5) is 0 Å². The lowest BCUT2D eigenvalue weighted by atomic mass is 9.69. The molecule has 1 spiro atoms. The van der Waals surface area contributed by atoms with Crippen LogP contribution < -0.4 is 0 Å². The van der Waals surface area contributed by atoms with Gasteiger partial charge in [-0.1, -0.05) is 20.8 Å². The van der Waals surface area contributed by atoms with Crippen LogP contribution in [-0.2, 0) is 14.8 Å². The summed E-state index contributed by atoms with van der Waals surface area (Å²) in [5, 5.41) is 10.4. The fourth-order valence-corrected chi connectivity index (χ4v) is 8.24. The highest BCUT2D eigenvalue weighted by Gasteiger charge is 2.72. The van der Waals surface area contributed by atoms with Crippen molar-refractivity contribution in [1.82, 2.24) is 4.31 Å². The van der Waals surface area contributed by atoms with Crippen molar-refractivity contribution in [2.75, 3.05) is 5.75 Å². The molecule has 6 nitrogen and oxygen atoms in total. The third-order valence-electron chi connectivity index (χ3n) is 7.33. The molecule has 2 heterocycles. The van der Waals surface area contributed by atoms with E-state index in [0.29, 0.717) is 5.92 Å². The van der Waals surface area contributed by atoms with Gasteiger partial charge in [-0.2, -0.15) is 0 Å². The number of aliphatic hydroxyl groups is 1. The Labute approximate surface area is 148 Å². The minimum absolute atomic E-state index is 0.0451. The Hall–Kier alpha value is -1.34. The zero-order valence-electron chi connectivity index (χ0n) is 14.8. The number of rotatable bonds is 3. The van der Waals surface area contributed by atoms with Gasteiger partial charge in [0.05, 0.1) is 24.0 Å². The van der Waals surface area contributed by atoms with Crippen LogP contribution in [0.2, 0.25) is 0 Å². The van der Waals surface area contributed by atoms with Crippen molar-refractivity contribution < 1.29 is 22.7 Å². The third kappa shape index (κ3) is 2.05. The van der Waals surface area contributed by atoms with E-state index in [4.69, 9.17) is 4.42 Å². The molecule has 1 aliphatic heterocycles. The van der Waals surface area contributed by atoms with E-state index in [2.05, 4.69) is 13.8 Å². The van der Waals surface area contributed by atoms with Crippen molar-refractivity contribution in [3.63, 3.8) is 0 Å². The minimum atomic E-state index is -3.67. The van der Waals surface area contributed by atoms with Crippen LogP contribution in [-0.4, -0.2) is 35.5 Å². The Kier molecular flexibility index (Phi) is 3.49. The van der Waals surface area contributed by atoms with Gasteiger partial charge in [-0.05, 0) is 42.7 Å². The smallest absolute Gasteiger partial charge is 0.242 e. The quantitative estimate of drug-likeness (QED) is 0.886. The summed E-state index contributed by atoms with van der Waals surface area (Å²) in [6, 6.07) is 2.95. The summed E-state index contributed by atoms with van der Waals surface area (Å²) in [4.78, 5) is 13.1. The molecule has 1 aromatic heterocycles. The SMILES string of the molecule is C[C@H](C(=O)N1[C@@H]2C[C@H]3CC[C@]2(CS1(=O)=O)C3(C)C)[C@@H](O)c1ccco1. The van der Waals surface area contributed by atoms with Crippen LogP contribution in [0.3, 0.4) is 0 Å². The van der Waals surface area contributed by atoms with E-state index in [0.717, 1.165) is 23.6 Å². The van der Waals surface area contributed by atoms with Crippen molar-refractivity contribution in [3.8, 4) is 0 Å². The first-order valence-electron chi connectivity index (χ1n) is 8.89. The molecule has 2 aliphatic carbocycles. The van der Waals surface area contributed by atoms with Gasteiger partial charge in [-0.3, -0.25) is 4.79 Å². The molecular formula is C18H25NO5S. The Morgan fingerprint density at radius 1 is 1.44 bits per heavy atom. The number of fused-ring (bicyclic) bond motifs is 1. The number of hydrogen-bond donors (Lipinski definition) is 1. The van der Waals surface area contributed by atoms with E-state index < -0.39 is 28.0 Å². The summed E-state index contributed by atoms with van der Waals surface area (Å²) in [6.07, 6.45) is 2.90. The normalized spacial score (nSPS) is 37.0. The second-order valence-corrected chi connectivity index (χ2v) is 10.4. The minimum Gasteiger partial charge on any atom is -0.467 e. The highest BCUT2D eigenvalue weighted by molar-refractivity contribution is 7.90. The molecule has 5 atom stereocenters. The van der Waals surface area contributed by atoms with Gasteiger partial charge in [0.1, 0.15) is 11.9 Å². The van der Waals surface area contributed by atoms with Crippen molar-refractivity contribution in [3.05, 3.63) is 24.2 Å². The van der Waals surface area contributed by atoms with Gasteiger partial charge in [0.15, 0.2) is 0 Å². The second-order valence-electron chi connectivity index (χ2n) is 8.50. The lowest BCUT2D eigenvalue weighted by molar-refractivity contribution is -0.136. The van der Waals surface area contributed by atoms with Gasteiger partial charge in [0, 0.05) is 5.41 Å². The number of carbonyl (C=O) groups is 1. The maximum absolute atomic E-state index is 13.1. The number of carbonyl (C=O) groups excluding carboxylic acids is 1. The molecule has 1 amide bonds. The van der Waals surface area contributed by atoms with E-state index in [1.165, 1.54) is 6.26 Å². The lowest BCUT2D eigenvalue weighted by Crippen LogP contribution is -2.46. The Balaban J connectivity index is 1.67. The molecule has 3 fully saturated rings. The number of furan rings is 1. The molecule has 1 aromatic rings. The molecule has 1 saturated heterocycles. The number of nitrogens with zero attached hydrogens (tertiary/aromatic N) is 1. The highest BCUT2D eigenvalue weighted by atomic mass is 32.2. The van der Waals surface area contributed by atoms with Gasteiger partial charge in [0.2, 0.25) is 15.9 Å². The molecule has 25 heavy (non-hydrogen) atoms. The molecule has 3 aliphatic rings. The first-order valence-corrected chi connectivity index (χ1v) is 10.5. The molecule has 1 N–H and O–H groups in total. The Morgan fingerprint density at radius 3 is 2.76 bits per heavy atom. The van der Waals surface area contributed by atoms with Crippen LogP contribution >= 0.6 is 0 Å². The molecular weight excluding hydrogens is 342 g/mol. The molecule has 138 valence electrons. The summed E-state index contributed by atoms with van der Waals surface area (Å²) in [5.74, 6) is -0.620. The highest BCUT2D eigenvalue weighted by Crippen LogP contribution is 2.70. The average Bonchev–Trinajstić information content (AvgIpc) is 3.24. The van der Waals surface area contributed by atoms with Crippen LogP contribution in [0.15, 0.2) is 22.8 Å². The summed E-state index contributed by atoms with van der Waals surface area (Å²) in [5.41, 5.74) is -0.426. The van der Waals surface area contributed by atoms with Crippen molar-refractivity contribution in [1.29, 1.82) is 0 Å². The first kappa shape index (κ1) is 17.1. The van der Waals surface area contributed by atoms with Gasteiger partial charge >= 0.3 is 0 Å². The molecule has 0 aromatic carbocycles. The van der Waals surface area contributed by atoms with E-state index in [-0.39, 0.29) is 28.4 Å². The number of sulfonamides is 1. The zero-order chi connectivity index (χ0) is 18.2. The zero-order valence-corrected chi connectivity index (χ0v) is 15.6. The average molecular weight is 367 g/mol. The van der Waals surface area contributed by atoms with E-state index in [9.17, 15) is 18.3 Å². The molecule has 0 unspecified atom stereocenters. The second kappa shape index (κ2) is 5.10. The number of hydrogen-bond acceptors (Lipinski definition) is 5. The molecule has 2 saturated carbocycles. The summed E-state index contributed by atoms with van der Waals surface area (Å²) < 4.78 is 32.1. The van der Waals surface area contributed by atoms with Crippen LogP contribution in [0, 0.1) is 22.7 Å². The Bertz CT molecular complexity index is 799. The van der Waals surface area contributed by atoms with Gasteiger partial charge in [-0.15, -0.1) is 0 Å². The largest absolute Gasteiger partial charge is 0.467 e. The number of amides is 1. The maximum Gasteiger partial charge on any atom is 0.242 e. The third-order valence-corrected chi connectivity index (χ3v) is 9.24. The molecule has 4 rings (SSSR count). The monoisotopic (exact) mass is 367 g/mol. The summed E-state index contributed by atoms with van der Waals surface area (Å²) in [7, 11) is -3.67. The van der Waals surface area contributed by atoms with Gasteiger partial charge in [0.25, 0.3) is 0 Å². The topological polar surface area (TPSA) is 87.8 Å². The lowest BCUT2D eigenvalue weighted by Gasteiger charge is -2.37. The fourth-order valence-electron chi connectivity index (χ4n) is 5.62. The Morgan fingerprint density at radius 2 is 2.16 bits per heavy atom. The molecule has 7 heteroatoms. The summed E-state index contributed by atoms with van der Waals surface area (Å²) >= 11 is 0. The maximum atomic E-state index is 13.1. The van der Waals surface area contributed by atoms with Crippen LogP contribution in [0.5, 0.6) is 0 Å². The fraction of sp³-hybridized carbons (Fsp3) is 0.722. The predicted octanol–water partition coefficient (Wildman–Crippen LogP) is 2.32. The van der Waals surface area contributed by atoms with Crippen molar-refractivity contribution in [2.45, 2.75) is 52.2 Å². The van der Waals surface area contributed by atoms with Gasteiger partial charge < -0.3 is 9.52 Å². The van der Waals surface area contributed by atoms with E-state index >= 15 is 0 Å². The van der Waals surface area contributed by atoms with E-state index in [1.807, 2.05) is 0 Å². The van der Waals surface area contributed by atoms with Gasteiger partial charge in [-0.25, -0.2) is 12.7 Å². The predicted molar refractivity (Wildman–Crippen MR) is 90.8 cm³/mol. The van der Waals surface area contributed by atoms with Crippen LogP contribution in [0.1, 0.15) is 51.9 Å². The summed E-state index contributed by atoms with van der Waals surface area (Å²) in [6.45, 7) is 5.86.